The Morgan fingerprint density at radius 2 is 1.01 bits per heavy atom. The van der Waals surface area contributed by atoms with Crippen molar-refractivity contribution in [3.63, 3.8) is 0 Å². The number of fused-ring (bicyclic) bond motifs is 9. The number of thiophene rings is 1. The van der Waals surface area contributed by atoms with Crippen LogP contribution in [0, 0.1) is 6.92 Å². The van der Waals surface area contributed by atoms with E-state index in [2.05, 4.69) is 270 Å². The molecule has 0 radical (unpaired) electrons. The molecule has 78 heavy (non-hydrogen) atoms. The topological polar surface area (TPSA) is 9.72 Å². The SMILES string of the molecule is Cc1cc2c(cc1N1c3cc4c(cc3B3c5sc6ccc(C(C)(C)C)cc6c5N(c5ccc(C(C)(C)C)cc5)c5cc(N(c6ccccc6)c6cccc7ccccc67)cc1c53)C(C)(C)CCC4(C)C)C(C)(C)CCC2(C)C. The van der Waals surface area contributed by atoms with Crippen LogP contribution in [-0.4, -0.2) is 6.71 Å². The van der Waals surface area contributed by atoms with Crippen LogP contribution in [0.5, 0.6) is 0 Å². The van der Waals surface area contributed by atoms with Crippen LogP contribution >= 0.6 is 11.3 Å². The Kier molecular flexibility index (Phi) is 11.2. The van der Waals surface area contributed by atoms with Gasteiger partial charge in [0.2, 0.25) is 0 Å². The van der Waals surface area contributed by atoms with Crippen molar-refractivity contribution in [3.05, 3.63) is 191 Å². The van der Waals surface area contributed by atoms with Gasteiger partial charge in [0, 0.05) is 54.4 Å². The lowest BCUT2D eigenvalue weighted by molar-refractivity contribution is 0.331. The van der Waals surface area contributed by atoms with Crippen molar-refractivity contribution in [1.29, 1.82) is 0 Å². The van der Waals surface area contributed by atoms with Gasteiger partial charge in [0.25, 0.3) is 6.71 Å². The number of nitrogens with zero attached hydrogens (tertiary/aromatic N) is 3. The smallest absolute Gasteiger partial charge is 0.264 e. The third-order valence-corrected chi connectivity index (χ3v) is 20.4. The Hall–Kier alpha value is -6.56. The van der Waals surface area contributed by atoms with E-state index in [1.807, 2.05) is 11.3 Å². The van der Waals surface area contributed by atoms with Crippen LogP contribution in [-0.2, 0) is 32.5 Å². The van der Waals surface area contributed by atoms with Crippen molar-refractivity contribution >= 4 is 106 Å². The fraction of sp³-hybridized carbons (Fsp3) is 0.342. The Bertz CT molecular complexity index is 3910. The zero-order valence-corrected chi connectivity index (χ0v) is 49.9. The van der Waals surface area contributed by atoms with E-state index in [0.29, 0.717) is 0 Å². The zero-order chi connectivity index (χ0) is 54.8. The molecule has 0 amide bonds. The van der Waals surface area contributed by atoms with Gasteiger partial charge < -0.3 is 14.7 Å². The number of anilines is 9. The highest BCUT2D eigenvalue weighted by Crippen LogP contribution is 2.56. The maximum absolute atomic E-state index is 2.77. The molecular weight excluding hydrogens is 962 g/mol. The molecule has 8 aromatic carbocycles. The van der Waals surface area contributed by atoms with Gasteiger partial charge >= 0.3 is 0 Å². The highest BCUT2D eigenvalue weighted by molar-refractivity contribution is 7.33. The average Bonchev–Trinajstić information content (AvgIpc) is 3.97. The Balaban J connectivity index is 1.22. The van der Waals surface area contributed by atoms with Gasteiger partial charge in [-0.25, -0.2) is 0 Å². The second-order valence-electron chi connectivity index (χ2n) is 28.4. The average molecular weight is 1040 g/mol. The highest BCUT2D eigenvalue weighted by Gasteiger charge is 2.49. The summed E-state index contributed by atoms with van der Waals surface area (Å²) < 4.78 is 2.75. The molecule has 1 aromatic heterocycles. The van der Waals surface area contributed by atoms with Gasteiger partial charge in [-0.05, 0) is 187 Å². The second kappa shape index (κ2) is 17.2. The first kappa shape index (κ1) is 50.9. The molecule has 0 fully saturated rings. The van der Waals surface area contributed by atoms with E-state index >= 15 is 0 Å². The molecule has 0 N–H and O–H groups in total. The number of rotatable bonds is 5. The van der Waals surface area contributed by atoms with Gasteiger partial charge in [-0.15, -0.1) is 11.3 Å². The molecule has 9 aromatic rings. The third kappa shape index (κ3) is 7.86. The lowest BCUT2D eigenvalue weighted by Crippen LogP contribution is -2.61. The maximum atomic E-state index is 2.77. The van der Waals surface area contributed by atoms with Crippen molar-refractivity contribution in [2.24, 2.45) is 0 Å². The summed E-state index contributed by atoms with van der Waals surface area (Å²) in [6.07, 6.45) is 4.64. The fourth-order valence-electron chi connectivity index (χ4n) is 14.1. The summed E-state index contributed by atoms with van der Waals surface area (Å²) in [5, 5.41) is 3.77. The summed E-state index contributed by atoms with van der Waals surface area (Å²) in [6, 6.07) is 59.6. The first-order chi connectivity index (χ1) is 36.8. The lowest BCUT2D eigenvalue weighted by atomic mass is 9.35. The molecule has 4 aliphatic rings. The van der Waals surface area contributed by atoms with E-state index in [1.54, 1.807) is 0 Å². The van der Waals surface area contributed by atoms with E-state index in [-0.39, 0.29) is 39.2 Å². The van der Waals surface area contributed by atoms with E-state index in [0.717, 1.165) is 36.3 Å². The Morgan fingerprint density at radius 3 is 1.64 bits per heavy atom. The van der Waals surface area contributed by atoms with Gasteiger partial charge in [-0.3, -0.25) is 0 Å². The van der Waals surface area contributed by atoms with Crippen molar-refractivity contribution in [2.75, 3.05) is 14.7 Å². The highest BCUT2D eigenvalue weighted by atomic mass is 32.1. The maximum Gasteiger partial charge on any atom is 0.264 e. The van der Waals surface area contributed by atoms with Gasteiger partial charge in [0.1, 0.15) is 0 Å². The molecule has 394 valence electrons. The first-order valence-electron chi connectivity index (χ1n) is 29.0. The molecule has 13 rings (SSSR count). The van der Waals surface area contributed by atoms with Gasteiger partial charge in [-0.1, -0.05) is 182 Å². The van der Waals surface area contributed by atoms with Gasteiger partial charge in [0.15, 0.2) is 0 Å². The molecule has 0 atom stereocenters. The number of para-hydroxylation sites is 1. The van der Waals surface area contributed by atoms with Gasteiger partial charge in [0.05, 0.1) is 17.1 Å². The van der Waals surface area contributed by atoms with Crippen LogP contribution in [0.2, 0.25) is 0 Å². The predicted molar refractivity (Wildman–Crippen MR) is 341 cm³/mol. The number of hydrogen-bond acceptors (Lipinski definition) is 4. The summed E-state index contributed by atoms with van der Waals surface area (Å²) in [5.74, 6) is 0. The van der Waals surface area contributed by atoms with Crippen LogP contribution in [0.25, 0.3) is 20.9 Å². The van der Waals surface area contributed by atoms with Crippen molar-refractivity contribution in [1.82, 2.24) is 0 Å². The van der Waals surface area contributed by atoms with Crippen molar-refractivity contribution < 1.29 is 0 Å². The minimum Gasteiger partial charge on any atom is -0.311 e. The molecule has 3 heterocycles. The normalized spacial score (nSPS) is 17.6. The van der Waals surface area contributed by atoms with Crippen LogP contribution in [0.15, 0.2) is 152 Å². The van der Waals surface area contributed by atoms with Crippen LogP contribution in [0.4, 0.5) is 51.2 Å². The predicted octanol–water partition coefficient (Wildman–Crippen LogP) is 19.2. The van der Waals surface area contributed by atoms with E-state index < -0.39 is 0 Å². The Morgan fingerprint density at radius 1 is 0.474 bits per heavy atom. The largest absolute Gasteiger partial charge is 0.311 e. The standard InChI is InChI=1S/C73H78BN3S/c1-45-38-54-56(72(12,13)36-34-70(54,8)9)43-60(45)77-61-44-57-55(71(10,11)35-37-73(57,14)15)42-58(61)74-65-62(40-51(41-63(65)77)75(49-24-17-16-18-25-49)59-27-21-23-46-22-19-20-26-52(46)59)76(50-31-28-47(29-32-50)68(2,3)4)66-53-39-48(69(5,6)7)30-33-64(53)78-67(66)74/h16-33,38-44H,34-37H2,1-15H3. The molecule has 2 aliphatic heterocycles. The molecule has 2 aliphatic carbocycles. The van der Waals surface area contributed by atoms with Crippen LogP contribution in [0.3, 0.4) is 0 Å². The minimum absolute atomic E-state index is 0.00291. The summed E-state index contributed by atoms with van der Waals surface area (Å²) in [6.45, 7) is 36.4. The summed E-state index contributed by atoms with van der Waals surface area (Å²) in [5.41, 5.74) is 23.8. The summed E-state index contributed by atoms with van der Waals surface area (Å²) in [4.78, 5) is 8.01. The van der Waals surface area contributed by atoms with Crippen LogP contribution < -0.4 is 30.4 Å². The second-order valence-corrected chi connectivity index (χ2v) is 29.5. The Labute approximate surface area is 470 Å². The number of aryl methyl sites for hydroxylation is 1. The van der Waals surface area contributed by atoms with Crippen molar-refractivity contribution in [3.8, 4) is 0 Å². The van der Waals surface area contributed by atoms with Crippen LogP contribution in [0.1, 0.15) is 162 Å². The molecule has 0 unspecified atom stereocenters. The molecular formula is C73H78BN3S. The van der Waals surface area contributed by atoms with E-state index in [4.69, 9.17) is 0 Å². The van der Waals surface area contributed by atoms with Crippen molar-refractivity contribution in [2.45, 2.75) is 162 Å². The summed E-state index contributed by atoms with van der Waals surface area (Å²) >= 11 is 2.02. The number of hydrogen-bond donors (Lipinski definition) is 0. The monoisotopic (exact) mass is 1040 g/mol. The molecule has 0 saturated carbocycles. The van der Waals surface area contributed by atoms with E-state index in [9.17, 15) is 0 Å². The quantitative estimate of drug-likeness (QED) is 0.159. The molecule has 3 nitrogen and oxygen atoms in total. The molecule has 0 bridgehead atoms. The lowest BCUT2D eigenvalue weighted by Gasteiger charge is -2.48. The van der Waals surface area contributed by atoms with Gasteiger partial charge in [-0.2, -0.15) is 0 Å². The molecule has 0 saturated heterocycles. The minimum atomic E-state index is -0.0321. The molecule has 5 heteroatoms. The third-order valence-electron chi connectivity index (χ3n) is 19.2. The first-order valence-corrected chi connectivity index (χ1v) is 29.8. The number of benzene rings is 8. The fourth-order valence-corrected chi connectivity index (χ4v) is 15.4. The molecule has 0 spiro atoms. The van der Waals surface area contributed by atoms with E-state index in [1.165, 1.54) is 116 Å². The summed E-state index contributed by atoms with van der Waals surface area (Å²) in [7, 11) is 0. The zero-order valence-electron chi connectivity index (χ0n) is 49.1.